The van der Waals surface area contributed by atoms with Crippen LogP contribution in [0, 0.1) is 36.0 Å². The molecule has 0 radical (unpaired) electrons. The molecule has 16 nitrogen and oxygen atoms in total. The molecule has 6 rings (SSSR count). The van der Waals surface area contributed by atoms with E-state index in [1.807, 2.05) is 65.7 Å². The number of hydrogen-bond acceptors (Lipinski definition) is 15. The van der Waals surface area contributed by atoms with Gasteiger partial charge in [0.15, 0.2) is 6.29 Å². The Balaban J connectivity index is 1.15. The standard InChI is InChI=1S/C57H94N6O10/c1-16-48-57(12,67)51(64)40(7)62(14)33-35(2)30-55(9,10)53(38(5)50(39(6)54(66)72-48)47-31-56(11,68-15)52(65)41(8)71-47)73-49-29-45(28-37(4)70-49)61(13)26-24-44-34-63(60-59-44)25-17-27-69-46-22-20-42(21-23-46)43-19-18-36(3)58-32-43/h18-20,22-23,32,34-35,37-42,45,47-53,64-65,67H,16-17,21,24-31,33H2,1-15H3/t35-,37-,38+,39-,40-,41+,42?,45+,47-,48-,49+,50?,51-,52+,53-,56-,57-/m1/s1. The van der Waals surface area contributed by atoms with E-state index in [1.165, 1.54) is 5.56 Å². The van der Waals surface area contributed by atoms with Gasteiger partial charge in [-0.1, -0.05) is 58.9 Å². The number of aliphatic hydroxyl groups is 3. The van der Waals surface area contributed by atoms with Crippen LogP contribution in [0.25, 0.3) is 0 Å². The highest BCUT2D eigenvalue weighted by molar-refractivity contribution is 5.73. The van der Waals surface area contributed by atoms with Crippen LogP contribution in [0.15, 0.2) is 48.5 Å². The lowest BCUT2D eigenvalue weighted by Crippen LogP contribution is -2.60. The fraction of sp³-hybridized carbons (Fsp3) is 0.789. The third-order valence-electron chi connectivity index (χ3n) is 17.2. The third kappa shape index (κ3) is 14.6. The maximum absolute atomic E-state index is 14.7. The van der Waals surface area contributed by atoms with Crippen LogP contribution in [0.2, 0.25) is 0 Å². The fourth-order valence-corrected chi connectivity index (χ4v) is 12.6. The normalized spacial score (nSPS) is 38.3. The maximum atomic E-state index is 14.7. The predicted molar refractivity (Wildman–Crippen MR) is 281 cm³/mol. The average molecular weight is 1020 g/mol. The van der Waals surface area contributed by atoms with Gasteiger partial charge in [0.1, 0.15) is 29.7 Å². The van der Waals surface area contributed by atoms with Crippen molar-refractivity contribution in [3.63, 3.8) is 0 Å². The summed E-state index contributed by atoms with van der Waals surface area (Å²) in [4.78, 5) is 23.6. The summed E-state index contributed by atoms with van der Waals surface area (Å²) in [6.07, 6.45) is 10.5. The second kappa shape index (κ2) is 25.2. The molecule has 0 saturated carbocycles. The summed E-state index contributed by atoms with van der Waals surface area (Å²) in [7, 11) is 5.74. The predicted octanol–water partition coefficient (Wildman–Crippen LogP) is 7.42. The molecule has 0 amide bonds. The number of pyridine rings is 1. The molecule has 2 aromatic heterocycles. The van der Waals surface area contributed by atoms with E-state index < -0.39 is 83.4 Å². The van der Waals surface area contributed by atoms with Crippen molar-refractivity contribution in [1.29, 1.82) is 0 Å². The van der Waals surface area contributed by atoms with E-state index in [2.05, 4.69) is 97.1 Å². The summed E-state index contributed by atoms with van der Waals surface area (Å²) in [5.74, 6) is -0.623. The van der Waals surface area contributed by atoms with E-state index >= 15 is 0 Å². The minimum atomic E-state index is -1.73. The lowest BCUT2D eigenvalue weighted by molar-refractivity contribution is -0.265. The molecular formula is C57H94N6O10. The second-order valence-electron chi connectivity index (χ2n) is 23.8. The van der Waals surface area contributed by atoms with Crippen molar-refractivity contribution < 1.29 is 48.5 Å². The summed E-state index contributed by atoms with van der Waals surface area (Å²) in [6, 6.07) is 3.94. The van der Waals surface area contributed by atoms with E-state index in [4.69, 9.17) is 28.4 Å². The van der Waals surface area contributed by atoms with Gasteiger partial charge in [0.05, 0.1) is 48.2 Å². The lowest BCUT2D eigenvalue weighted by atomic mass is 9.65. The number of esters is 1. The number of nitrogens with zero attached hydrogens (tertiary/aromatic N) is 6. The summed E-state index contributed by atoms with van der Waals surface area (Å²) in [5.41, 5.74) is 0.0505. The first kappa shape index (κ1) is 58.9. The summed E-state index contributed by atoms with van der Waals surface area (Å²) < 4.78 is 41.2. The Labute approximate surface area is 437 Å². The van der Waals surface area contributed by atoms with Crippen LogP contribution in [-0.4, -0.2) is 164 Å². The van der Waals surface area contributed by atoms with Crippen LogP contribution in [0.5, 0.6) is 0 Å². The number of hydrogen-bond donors (Lipinski definition) is 3. The number of carbonyl (C=O) groups excluding carboxylic acids is 1. The quantitative estimate of drug-likeness (QED) is 0.118. The zero-order valence-electron chi connectivity index (χ0n) is 47.1. The molecule has 3 saturated heterocycles. The SMILES string of the molecule is CC[C@H]1OC(=O)[C@H](C)C([C@H]2C[C@@](C)(OC)[C@@H](O)[C@H](C)O2)[C@H](C)[C@@H](O[C@H]2C[C@@H](N(C)CCc3cn(CCCOC4=CCC(c5ccc(C)nc5)C=C4)nn3)C[C@@H](C)O2)C(C)(C)C[C@@H](C)CN(C)[C@H](C)[C@@H](O)[C@]1(C)O. The van der Waals surface area contributed by atoms with Crippen LogP contribution in [0.3, 0.4) is 0 Å². The summed E-state index contributed by atoms with van der Waals surface area (Å²) >= 11 is 0. The van der Waals surface area contributed by atoms with E-state index in [1.54, 1.807) is 14.0 Å². The first-order valence-corrected chi connectivity index (χ1v) is 27.4. The number of allylic oxidation sites excluding steroid dienone is 3. The number of cyclic esters (lactones) is 1. The van der Waals surface area contributed by atoms with Gasteiger partial charge >= 0.3 is 5.97 Å². The van der Waals surface area contributed by atoms with Crippen molar-refractivity contribution in [2.75, 3.05) is 40.9 Å². The van der Waals surface area contributed by atoms with Crippen LogP contribution in [0.1, 0.15) is 144 Å². The molecule has 3 N–H and O–H groups in total. The van der Waals surface area contributed by atoms with Crippen molar-refractivity contribution in [2.24, 2.45) is 29.1 Å². The molecule has 73 heavy (non-hydrogen) atoms. The highest BCUT2D eigenvalue weighted by Gasteiger charge is 2.54. The summed E-state index contributed by atoms with van der Waals surface area (Å²) in [5, 5.41) is 44.0. The van der Waals surface area contributed by atoms with Gasteiger partial charge in [0, 0.05) is 94.4 Å². The van der Waals surface area contributed by atoms with Gasteiger partial charge in [0.2, 0.25) is 0 Å². The smallest absolute Gasteiger partial charge is 0.309 e. The first-order valence-electron chi connectivity index (χ1n) is 27.4. The molecule has 2 aromatic rings. The number of likely N-dealkylation sites (N-methyl/N-ethyl adjacent to an activating group) is 2. The number of aromatic nitrogens is 4. The van der Waals surface area contributed by atoms with Crippen LogP contribution in [0.4, 0.5) is 0 Å². The number of ether oxygens (including phenoxy) is 6. The molecule has 1 aliphatic carbocycles. The molecule has 412 valence electrons. The second-order valence-corrected chi connectivity index (χ2v) is 23.8. The largest absolute Gasteiger partial charge is 0.494 e. The minimum absolute atomic E-state index is 0.0721. The molecule has 5 heterocycles. The van der Waals surface area contributed by atoms with Crippen LogP contribution in [-0.2, 0) is 46.2 Å². The number of carbonyl (C=O) groups is 1. The zero-order chi connectivity index (χ0) is 53.6. The molecule has 17 atom stereocenters. The molecular weight excluding hydrogens is 929 g/mol. The maximum Gasteiger partial charge on any atom is 0.309 e. The summed E-state index contributed by atoms with van der Waals surface area (Å²) in [6.45, 7) is 26.7. The van der Waals surface area contributed by atoms with Gasteiger partial charge in [-0.15, -0.1) is 5.10 Å². The van der Waals surface area contributed by atoms with Gasteiger partial charge in [-0.05, 0) is 122 Å². The molecule has 0 spiro atoms. The van der Waals surface area contributed by atoms with Crippen molar-refractivity contribution >= 4 is 5.97 Å². The fourth-order valence-electron chi connectivity index (χ4n) is 12.6. The molecule has 3 aliphatic heterocycles. The minimum Gasteiger partial charge on any atom is -0.494 e. The third-order valence-corrected chi connectivity index (χ3v) is 17.2. The van der Waals surface area contributed by atoms with E-state index in [0.29, 0.717) is 44.9 Å². The number of rotatable bonds is 15. The van der Waals surface area contributed by atoms with Gasteiger partial charge < -0.3 is 53.5 Å². The first-order chi connectivity index (χ1) is 34.4. The number of methoxy groups -OCH3 is 1. The Morgan fingerprint density at radius 1 is 1.00 bits per heavy atom. The Morgan fingerprint density at radius 2 is 1.74 bits per heavy atom. The van der Waals surface area contributed by atoms with Gasteiger partial charge in [-0.2, -0.15) is 0 Å². The van der Waals surface area contributed by atoms with Gasteiger partial charge in [-0.3, -0.25) is 14.5 Å². The Bertz CT molecular complexity index is 2120. The molecule has 0 bridgehead atoms. The van der Waals surface area contributed by atoms with Crippen LogP contribution >= 0.6 is 0 Å². The highest BCUT2D eigenvalue weighted by atomic mass is 16.7. The Morgan fingerprint density at radius 3 is 2.40 bits per heavy atom. The lowest BCUT2D eigenvalue weighted by Gasteiger charge is -2.51. The van der Waals surface area contributed by atoms with Crippen molar-refractivity contribution in [2.45, 2.75) is 219 Å². The molecule has 2 unspecified atom stereocenters. The molecule has 16 heteroatoms. The van der Waals surface area contributed by atoms with E-state index in [-0.39, 0.29) is 24.0 Å². The van der Waals surface area contributed by atoms with Gasteiger partial charge in [-0.25, -0.2) is 0 Å². The van der Waals surface area contributed by atoms with Crippen molar-refractivity contribution in [1.82, 2.24) is 29.8 Å². The van der Waals surface area contributed by atoms with E-state index in [0.717, 1.165) is 55.8 Å². The topological polar surface area (TPSA) is 183 Å². The van der Waals surface area contributed by atoms with Crippen molar-refractivity contribution in [3.05, 3.63) is 65.5 Å². The molecule has 3 fully saturated rings. The molecule has 4 aliphatic rings. The van der Waals surface area contributed by atoms with E-state index in [9.17, 15) is 20.1 Å². The highest BCUT2D eigenvalue weighted by Crippen LogP contribution is 2.47. The van der Waals surface area contributed by atoms with Gasteiger partial charge in [0.25, 0.3) is 0 Å². The Kier molecular flexibility index (Phi) is 20.4. The number of aliphatic hydroxyl groups excluding tert-OH is 2. The average Bonchev–Trinajstić information content (AvgIpc) is 3.81. The molecule has 0 aromatic carbocycles. The monoisotopic (exact) mass is 1020 g/mol. The zero-order valence-corrected chi connectivity index (χ0v) is 47.1. The van der Waals surface area contributed by atoms with Crippen LogP contribution < -0.4 is 0 Å². The van der Waals surface area contributed by atoms with Crippen molar-refractivity contribution in [3.8, 4) is 0 Å². The number of aryl methyl sites for hydroxylation is 2. The Hall–Kier alpha value is -3.32.